The molecule has 7 heteroatoms. The topological polar surface area (TPSA) is 81.0 Å². The van der Waals surface area contributed by atoms with Gasteiger partial charge in [0.05, 0.1) is 24.2 Å². The van der Waals surface area contributed by atoms with E-state index in [1.807, 2.05) is 24.3 Å². The molecule has 0 bridgehead atoms. The number of hydrogen-bond donors (Lipinski definition) is 3. The van der Waals surface area contributed by atoms with Gasteiger partial charge in [0, 0.05) is 26.2 Å². The number of likely N-dealkylation sites (N-methyl/N-ethyl adjacent to an activating group) is 1. The van der Waals surface area contributed by atoms with E-state index in [0.29, 0.717) is 5.76 Å². The molecule has 0 spiro atoms. The molecule has 0 aliphatic carbocycles. The van der Waals surface area contributed by atoms with Crippen LogP contribution in [0.2, 0.25) is 0 Å². The third kappa shape index (κ3) is 4.32. The van der Waals surface area contributed by atoms with Crippen LogP contribution in [0.25, 0.3) is 0 Å². The Hall–Kier alpha value is -2.51. The average Bonchev–Trinajstić information content (AvgIpc) is 3.15. The van der Waals surface area contributed by atoms with Crippen molar-refractivity contribution in [2.45, 2.75) is 6.04 Å². The molecule has 2 heterocycles. The van der Waals surface area contributed by atoms with Crippen LogP contribution in [0.4, 0.5) is 16.2 Å². The van der Waals surface area contributed by atoms with Gasteiger partial charge in [-0.1, -0.05) is 12.1 Å². The quantitative estimate of drug-likeness (QED) is 0.772. The summed E-state index contributed by atoms with van der Waals surface area (Å²) in [5.74, 6) is 0.519. The van der Waals surface area contributed by atoms with Crippen LogP contribution in [-0.2, 0) is 0 Å². The Bertz CT molecular complexity index is 681. The van der Waals surface area contributed by atoms with Crippen molar-refractivity contribution in [2.24, 2.45) is 0 Å². The van der Waals surface area contributed by atoms with Crippen molar-refractivity contribution in [3.05, 3.63) is 48.4 Å². The zero-order valence-corrected chi connectivity index (χ0v) is 14.3. The number of para-hydroxylation sites is 2. The molecule has 1 saturated heterocycles. The minimum absolute atomic E-state index is 0.235. The summed E-state index contributed by atoms with van der Waals surface area (Å²) in [4.78, 5) is 16.9. The Labute approximate surface area is 147 Å². The highest BCUT2D eigenvalue weighted by Crippen LogP contribution is 2.26. The Morgan fingerprint density at radius 3 is 2.64 bits per heavy atom. The fraction of sp³-hybridized carbons (Fsp3) is 0.389. The van der Waals surface area contributed by atoms with E-state index in [2.05, 4.69) is 27.5 Å². The summed E-state index contributed by atoms with van der Waals surface area (Å²) < 4.78 is 5.25. The summed E-state index contributed by atoms with van der Waals surface area (Å²) in [7, 11) is 2.11. The van der Waals surface area contributed by atoms with Gasteiger partial charge < -0.3 is 30.0 Å². The Morgan fingerprint density at radius 2 is 1.96 bits per heavy atom. The second-order valence-electron chi connectivity index (χ2n) is 6.16. The second kappa shape index (κ2) is 8.04. The number of benzene rings is 1. The van der Waals surface area contributed by atoms with Crippen LogP contribution in [0, 0.1) is 0 Å². The molecule has 2 amide bonds. The molecular formula is C18H24N4O3. The standard InChI is InChI=1S/C18H24N4O3/c1-21-8-10-22(11-9-21)16-6-3-2-5-14(16)19-18(24)20-15(13-23)17-7-4-12-25-17/h2-7,12,15,23H,8-11,13H2,1H3,(H2,19,20,24). The molecule has 1 fully saturated rings. The predicted molar refractivity (Wildman–Crippen MR) is 96.8 cm³/mol. The predicted octanol–water partition coefficient (Wildman–Crippen LogP) is 1.89. The third-order valence-electron chi connectivity index (χ3n) is 4.37. The number of carbonyl (C=O) groups is 1. The van der Waals surface area contributed by atoms with Gasteiger partial charge >= 0.3 is 6.03 Å². The minimum atomic E-state index is -0.578. The van der Waals surface area contributed by atoms with Gasteiger partial charge in [0.25, 0.3) is 0 Å². The maximum atomic E-state index is 12.4. The molecule has 1 atom stereocenters. The van der Waals surface area contributed by atoms with Crippen LogP contribution in [-0.4, -0.2) is 55.9 Å². The smallest absolute Gasteiger partial charge is 0.319 e. The van der Waals surface area contributed by atoms with Crippen LogP contribution in [0.3, 0.4) is 0 Å². The Balaban J connectivity index is 1.67. The van der Waals surface area contributed by atoms with Gasteiger partial charge in [-0.15, -0.1) is 0 Å². The number of aliphatic hydroxyl groups excluding tert-OH is 1. The molecule has 7 nitrogen and oxygen atoms in total. The van der Waals surface area contributed by atoms with Crippen molar-refractivity contribution < 1.29 is 14.3 Å². The minimum Gasteiger partial charge on any atom is -0.467 e. The Kier molecular flexibility index (Phi) is 5.57. The lowest BCUT2D eigenvalue weighted by atomic mass is 10.2. The lowest BCUT2D eigenvalue weighted by molar-refractivity contribution is 0.215. The number of urea groups is 1. The van der Waals surface area contributed by atoms with E-state index in [4.69, 9.17) is 4.42 Å². The first-order valence-corrected chi connectivity index (χ1v) is 8.41. The van der Waals surface area contributed by atoms with Gasteiger partial charge in [-0.3, -0.25) is 0 Å². The van der Waals surface area contributed by atoms with Gasteiger partial charge in [-0.05, 0) is 31.3 Å². The highest BCUT2D eigenvalue weighted by atomic mass is 16.3. The summed E-state index contributed by atoms with van der Waals surface area (Å²) in [5.41, 5.74) is 1.75. The summed E-state index contributed by atoms with van der Waals surface area (Å²) in [6.07, 6.45) is 1.51. The number of carbonyl (C=O) groups excluding carboxylic acids is 1. The molecule has 1 aromatic heterocycles. The van der Waals surface area contributed by atoms with Gasteiger partial charge in [0.1, 0.15) is 11.8 Å². The summed E-state index contributed by atoms with van der Waals surface area (Å²) >= 11 is 0. The first-order valence-electron chi connectivity index (χ1n) is 8.41. The van der Waals surface area contributed by atoms with Gasteiger partial charge in [-0.2, -0.15) is 0 Å². The summed E-state index contributed by atoms with van der Waals surface area (Å²) in [5, 5.41) is 15.1. The molecule has 3 rings (SSSR count). The van der Waals surface area contributed by atoms with Crippen molar-refractivity contribution >= 4 is 17.4 Å². The summed E-state index contributed by atoms with van der Waals surface area (Å²) in [6.45, 7) is 3.59. The van der Waals surface area contributed by atoms with E-state index in [9.17, 15) is 9.90 Å². The molecule has 1 unspecified atom stereocenters. The van der Waals surface area contributed by atoms with Crippen LogP contribution in [0.15, 0.2) is 47.1 Å². The molecule has 1 aromatic carbocycles. The van der Waals surface area contributed by atoms with E-state index < -0.39 is 6.04 Å². The lowest BCUT2D eigenvalue weighted by Crippen LogP contribution is -2.45. The molecule has 0 saturated carbocycles. The number of nitrogens with one attached hydrogen (secondary N) is 2. The van der Waals surface area contributed by atoms with Crippen LogP contribution < -0.4 is 15.5 Å². The maximum absolute atomic E-state index is 12.4. The van der Waals surface area contributed by atoms with Crippen molar-refractivity contribution in [3.8, 4) is 0 Å². The van der Waals surface area contributed by atoms with Crippen LogP contribution >= 0.6 is 0 Å². The number of aliphatic hydroxyl groups is 1. The first kappa shape index (κ1) is 17.3. The van der Waals surface area contributed by atoms with E-state index in [0.717, 1.165) is 37.6 Å². The molecule has 0 radical (unpaired) electrons. The third-order valence-corrected chi connectivity index (χ3v) is 4.37. The second-order valence-corrected chi connectivity index (χ2v) is 6.16. The molecule has 1 aliphatic rings. The normalized spacial score (nSPS) is 16.5. The zero-order chi connectivity index (χ0) is 17.6. The number of nitrogens with zero attached hydrogens (tertiary/aromatic N) is 2. The number of piperazine rings is 1. The summed E-state index contributed by atoms with van der Waals surface area (Å²) in [6, 6.07) is 10.2. The van der Waals surface area contributed by atoms with Crippen molar-refractivity contribution in [3.63, 3.8) is 0 Å². The largest absolute Gasteiger partial charge is 0.467 e. The SMILES string of the molecule is CN1CCN(c2ccccc2NC(=O)NC(CO)c2ccco2)CC1. The highest BCUT2D eigenvalue weighted by molar-refractivity contribution is 5.93. The van der Waals surface area contributed by atoms with Crippen LogP contribution in [0.5, 0.6) is 0 Å². The monoisotopic (exact) mass is 344 g/mol. The van der Waals surface area contributed by atoms with Gasteiger partial charge in [0.2, 0.25) is 0 Å². The molecule has 1 aliphatic heterocycles. The number of hydrogen-bond acceptors (Lipinski definition) is 5. The maximum Gasteiger partial charge on any atom is 0.319 e. The van der Waals surface area contributed by atoms with E-state index in [-0.39, 0.29) is 12.6 Å². The number of amides is 2. The molecule has 2 aromatic rings. The van der Waals surface area contributed by atoms with Crippen molar-refractivity contribution in [1.82, 2.24) is 10.2 Å². The van der Waals surface area contributed by atoms with Crippen molar-refractivity contribution in [1.29, 1.82) is 0 Å². The number of rotatable bonds is 5. The fourth-order valence-corrected chi connectivity index (χ4v) is 2.92. The van der Waals surface area contributed by atoms with Crippen molar-refractivity contribution in [2.75, 3.05) is 50.1 Å². The molecule has 134 valence electrons. The average molecular weight is 344 g/mol. The number of anilines is 2. The Morgan fingerprint density at radius 1 is 1.20 bits per heavy atom. The first-order chi connectivity index (χ1) is 12.2. The van der Waals surface area contributed by atoms with E-state index in [1.165, 1.54) is 6.26 Å². The van der Waals surface area contributed by atoms with Crippen LogP contribution in [0.1, 0.15) is 11.8 Å². The zero-order valence-electron chi connectivity index (χ0n) is 14.3. The van der Waals surface area contributed by atoms with Gasteiger partial charge in [0.15, 0.2) is 0 Å². The molecule has 3 N–H and O–H groups in total. The lowest BCUT2D eigenvalue weighted by Gasteiger charge is -2.35. The number of furan rings is 1. The molecular weight excluding hydrogens is 320 g/mol. The molecule has 25 heavy (non-hydrogen) atoms. The highest BCUT2D eigenvalue weighted by Gasteiger charge is 2.19. The van der Waals surface area contributed by atoms with Gasteiger partial charge in [-0.25, -0.2) is 4.79 Å². The van der Waals surface area contributed by atoms with E-state index >= 15 is 0 Å². The van der Waals surface area contributed by atoms with E-state index in [1.54, 1.807) is 12.1 Å². The fourth-order valence-electron chi connectivity index (χ4n) is 2.92.